The number of fused-ring (bicyclic) bond motifs is 1. The average molecular weight is 607 g/mol. The first-order chi connectivity index (χ1) is 19.1. The molecule has 212 valence electrons. The summed E-state index contributed by atoms with van der Waals surface area (Å²) >= 11 is 12.9. The minimum absolute atomic E-state index is 0.0106. The van der Waals surface area contributed by atoms with Crippen molar-refractivity contribution in [3.8, 4) is 11.5 Å². The molecule has 1 aliphatic rings. The van der Waals surface area contributed by atoms with Gasteiger partial charge in [-0.15, -0.1) is 0 Å². The number of hydrogen-bond donors (Lipinski definition) is 1. The molecule has 1 N–H and O–H groups in total. The van der Waals surface area contributed by atoms with E-state index in [1.165, 1.54) is 17.0 Å². The summed E-state index contributed by atoms with van der Waals surface area (Å²) in [6.45, 7) is 1.43. The van der Waals surface area contributed by atoms with Gasteiger partial charge in [0.2, 0.25) is 28.6 Å². The Labute approximate surface area is 243 Å². The van der Waals surface area contributed by atoms with Crippen LogP contribution < -0.4 is 19.1 Å². The third-order valence-corrected chi connectivity index (χ3v) is 8.18. The van der Waals surface area contributed by atoms with Gasteiger partial charge in [-0.05, 0) is 36.8 Å². The Balaban J connectivity index is 1.75. The number of hydrogen-bond acceptors (Lipinski definition) is 6. The van der Waals surface area contributed by atoms with E-state index in [1.54, 1.807) is 31.2 Å². The SMILES string of the molecule is CCNC(=O)[C@@H](Cc1ccccc1)N(Cc1c(Cl)cccc1Cl)C(=O)CN(c1ccc2c(c1)OCO2)S(C)(=O)=O. The summed E-state index contributed by atoms with van der Waals surface area (Å²) in [5.74, 6) is -0.177. The molecule has 0 fully saturated rings. The zero-order chi connectivity index (χ0) is 28.9. The molecule has 0 saturated heterocycles. The Kier molecular flexibility index (Phi) is 9.44. The van der Waals surface area contributed by atoms with E-state index in [0.717, 1.165) is 16.1 Å². The van der Waals surface area contributed by atoms with Crippen molar-refractivity contribution in [3.63, 3.8) is 0 Å². The molecule has 1 heterocycles. The Bertz CT molecular complexity index is 1470. The summed E-state index contributed by atoms with van der Waals surface area (Å²) < 4.78 is 37.5. The smallest absolute Gasteiger partial charge is 0.244 e. The van der Waals surface area contributed by atoms with Gasteiger partial charge in [0.1, 0.15) is 12.6 Å². The molecule has 1 aliphatic heterocycles. The van der Waals surface area contributed by atoms with Gasteiger partial charge in [0.15, 0.2) is 11.5 Å². The van der Waals surface area contributed by atoms with E-state index in [2.05, 4.69) is 5.32 Å². The molecule has 12 heteroatoms. The fraction of sp³-hybridized carbons (Fsp3) is 0.286. The van der Waals surface area contributed by atoms with Gasteiger partial charge < -0.3 is 19.7 Å². The molecule has 1 atom stereocenters. The van der Waals surface area contributed by atoms with Crippen LogP contribution in [0.1, 0.15) is 18.1 Å². The van der Waals surface area contributed by atoms with Gasteiger partial charge in [0.25, 0.3) is 0 Å². The lowest BCUT2D eigenvalue weighted by atomic mass is 10.0. The molecule has 0 aliphatic carbocycles. The molecule has 0 saturated carbocycles. The second kappa shape index (κ2) is 12.8. The van der Waals surface area contributed by atoms with E-state index in [4.69, 9.17) is 32.7 Å². The molecule has 0 bridgehead atoms. The molecule has 9 nitrogen and oxygen atoms in total. The van der Waals surface area contributed by atoms with Crippen LogP contribution in [0.25, 0.3) is 0 Å². The number of halogens is 2. The van der Waals surface area contributed by atoms with Gasteiger partial charge in [-0.2, -0.15) is 0 Å². The van der Waals surface area contributed by atoms with Gasteiger partial charge in [0.05, 0.1) is 11.9 Å². The lowest BCUT2D eigenvalue weighted by Crippen LogP contribution is -2.53. The zero-order valence-corrected chi connectivity index (χ0v) is 24.3. The predicted octanol–water partition coefficient (Wildman–Crippen LogP) is 4.26. The van der Waals surface area contributed by atoms with Crippen molar-refractivity contribution in [2.24, 2.45) is 0 Å². The second-order valence-electron chi connectivity index (χ2n) is 9.13. The number of likely N-dealkylation sites (N-methyl/N-ethyl adjacent to an activating group) is 1. The third kappa shape index (κ3) is 6.99. The number of carbonyl (C=O) groups is 2. The third-order valence-electron chi connectivity index (χ3n) is 6.34. The van der Waals surface area contributed by atoms with Gasteiger partial charge in [-0.3, -0.25) is 13.9 Å². The monoisotopic (exact) mass is 605 g/mol. The quantitative estimate of drug-likeness (QED) is 0.350. The first-order valence-electron chi connectivity index (χ1n) is 12.5. The first kappa shape index (κ1) is 29.5. The van der Waals surface area contributed by atoms with Crippen LogP contribution in [-0.2, 0) is 32.6 Å². The number of sulfonamides is 1. The highest BCUT2D eigenvalue weighted by atomic mass is 35.5. The lowest BCUT2D eigenvalue weighted by Gasteiger charge is -2.33. The predicted molar refractivity (Wildman–Crippen MR) is 154 cm³/mol. The van der Waals surface area contributed by atoms with E-state index < -0.39 is 34.4 Å². The van der Waals surface area contributed by atoms with Crippen molar-refractivity contribution >= 4 is 50.7 Å². The van der Waals surface area contributed by atoms with Crippen molar-refractivity contribution in [1.29, 1.82) is 0 Å². The fourth-order valence-electron chi connectivity index (χ4n) is 4.35. The van der Waals surface area contributed by atoms with E-state index in [-0.39, 0.29) is 25.4 Å². The highest BCUT2D eigenvalue weighted by Gasteiger charge is 2.34. The molecule has 0 spiro atoms. The van der Waals surface area contributed by atoms with Crippen molar-refractivity contribution in [3.05, 3.63) is 87.9 Å². The standard InChI is InChI=1S/C28H29Cl2N3O6S/c1-3-31-28(35)24(14-19-8-5-4-6-9-19)32(16-21-22(29)10-7-11-23(21)30)27(34)17-33(40(2,36)37)20-12-13-25-26(15-20)39-18-38-25/h4-13,15,24H,3,14,16-18H2,1-2H3,(H,31,35)/t24-/m1/s1. The van der Waals surface area contributed by atoms with Crippen molar-refractivity contribution in [2.45, 2.75) is 25.9 Å². The van der Waals surface area contributed by atoms with Crippen LogP contribution in [0.15, 0.2) is 66.7 Å². The molecule has 2 amide bonds. The van der Waals surface area contributed by atoms with Crippen molar-refractivity contribution in [2.75, 3.05) is 30.4 Å². The lowest BCUT2D eigenvalue weighted by molar-refractivity contribution is -0.140. The molecule has 40 heavy (non-hydrogen) atoms. The van der Waals surface area contributed by atoms with Crippen LogP contribution in [0.4, 0.5) is 5.69 Å². The van der Waals surface area contributed by atoms with Gasteiger partial charge >= 0.3 is 0 Å². The Morgan fingerprint density at radius 3 is 2.30 bits per heavy atom. The minimum Gasteiger partial charge on any atom is -0.454 e. The minimum atomic E-state index is -3.93. The number of rotatable bonds is 11. The van der Waals surface area contributed by atoms with Gasteiger partial charge in [-0.1, -0.05) is 59.6 Å². The maximum absolute atomic E-state index is 14.1. The van der Waals surface area contributed by atoms with E-state index in [0.29, 0.717) is 33.7 Å². The number of amides is 2. The number of nitrogens with zero attached hydrogens (tertiary/aromatic N) is 2. The summed E-state index contributed by atoms with van der Waals surface area (Å²) in [7, 11) is -3.93. The molecule has 0 aromatic heterocycles. The molecular weight excluding hydrogens is 577 g/mol. The highest BCUT2D eigenvalue weighted by molar-refractivity contribution is 7.92. The molecule has 3 aromatic rings. The number of nitrogens with one attached hydrogen (secondary N) is 1. The Morgan fingerprint density at radius 2 is 1.65 bits per heavy atom. The topological polar surface area (TPSA) is 105 Å². The average Bonchev–Trinajstić information content (AvgIpc) is 3.38. The summed E-state index contributed by atoms with van der Waals surface area (Å²) in [6.07, 6.45) is 1.19. The van der Waals surface area contributed by atoms with Crippen LogP contribution in [0.5, 0.6) is 11.5 Å². The molecule has 3 aromatic carbocycles. The van der Waals surface area contributed by atoms with Crippen LogP contribution in [-0.4, -0.2) is 57.3 Å². The maximum Gasteiger partial charge on any atom is 0.244 e. The number of ether oxygens (including phenoxy) is 2. The normalized spacial score (nSPS) is 13.0. The van der Waals surface area contributed by atoms with Crippen LogP contribution >= 0.6 is 23.2 Å². The largest absolute Gasteiger partial charge is 0.454 e. The highest BCUT2D eigenvalue weighted by Crippen LogP contribution is 2.36. The number of carbonyl (C=O) groups excluding carboxylic acids is 2. The summed E-state index contributed by atoms with van der Waals surface area (Å²) in [4.78, 5) is 28.8. The fourth-order valence-corrected chi connectivity index (χ4v) is 5.71. The number of benzene rings is 3. The second-order valence-corrected chi connectivity index (χ2v) is 11.9. The Morgan fingerprint density at radius 1 is 0.975 bits per heavy atom. The van der Waals surface area contributed by atoms with Gasteiger partial charge in [-0.25, -0.2) is 8.42 Å². The Hall–Kier alpha value is -3.47. The first-order valence-corrected chi connectivity index (χ1v) is 15.1. The van der Waals surface area contributed by atoms with Crippen LogP contribution in [0.2, 0.25) is 10.0 Å². The van der Waals surface area contributed by atoms with E-state index in [9.17, 15) is 18.0 Å². The molecule has 0 unspecified atom stereocenters. The van der Waals surface area contributed by atoms with Crippen LogP contribution in [0.3, 0.4) is 0 Å². The maximum atomic E-state index is 14.1. The summed E-state index contributed by atoms with van der Waals surface area (Å²) in [5, 5.41) is 3.43. The van der Waals surface area contributed by atoms with Gasteiger partial charge in [0, 0.05) is 41.2 Å². The molecular formula is C28H29Cl2N3O6S. The van der Waals surface area contributed by atoms with E-state index >= 15 is 0 Å². The van der Waals surface area contributed by atoms with Crippen molar-refractivity contribution < 1.29 is 27.5 Å². The molecule has 0 radical (unpaired) electrons. The summed E-state index contributed by atoms with van der Waals surface area (Å²) in [6, 6.07) is 17.8. The van der Waals surface area contributed by atoms with E-state index in [1.807, 2.05) is 30.3 Å². The summed E-state index contributed by atoms with van der Waals surface area (Å²) in [5.41, 5.74) is 1.47. The zero-order valence-electron chi connectivity index (χ0n) is 22.0. The number of anilines is 1. The molecule has 4 rings (SSSR count). The van der Waals surface area contributed by atoms with Crippen LogP contribution in [0, 0.1) is 0 Å². The van der Waals surface area contributed by atoms with Crippen molar-refractivity contribution in [1.82, 2.24) is 10.2 Å².